The lowest BCUT2D eigenvalue weighted by molar-refractivity contribution is 0.0945. The van der Waals surface area contributed by atoms with Gasteiger partial charge >= 0.3 is 6.03 Å². The molecule has 0 saturated carbocycles. The van der Waals surface area contributed by atoms with Gasteiger partial charge in [-0.2, -0.15) is 0 Å². The SMILES string of the molecule is CC[C@]1(c2ccccc2)CCN(c2cnc(C(=O)NCCN3CC4(CCN(c5nccn6ccnc56)CC4)NC3=O)c(Cl)c2)C1. The third kappa shape index (κ3) is 5.54. The van der Waals surface area contributed by atoms with Gasteiger partial charge in [-0.05, 0) is 37.3 Å². The van der Waals surface area contributed by atoms with E-state index in [1.807, 2.05) is 22.9 Å². The number of nitrogens with one attached hydrogen (secondary N) is 2. The van der Waals surface area contributed by atoms with Crippen LogP contribution in [0, 0.1) is 0 Å². The molecule has 45 heavy (non-hydrogen) atoms. The summed E-state index contributed by atoms with van der Waals surface area (Å²) in [6.45, 7) is 6.88. The molecule has 3 amide bonds. The topological polar surface area (TPSA) is 111 Å². The van der Waals surface area contributed by atoms with Gasteiger partial charge in [-0.1, -0.05) is 48.9 Å². The quantitative estimate of drug-likeness (QED) is 0.302. The minimum Gasteiger partial charge on any atom is -0.369 e. The number of hydrogen-bond acceptors (Lipinski definition) is 7. The molecular formula is C33H38ClN9O2. The highest BCUT2D eigenvalue weighted by molar-refractivity contribution is 6.33. The van der Waals surface area contributed by atoms with Crippen LogP contribution in [-0.4, -0.2) is 87.5 Å². The summed E-state index contributed by atoms with van der Waals surface area (Å²) in [4.78, 5) is 45.7. The first kappa shape index (κ1) is 29.3. The highest BCUT2D eigenvalue weighted by atomic mass is 35.5. The number of pyridine rings is 1. The molecule has 0 radical (unpaired) electrons. The van der Waals surface area contributed by atoms with Crippen molar-refractivity contribution < 1.29 is 9.59 Å². The number of rotatable bonds is 8. The lowest BCUT2D eigenvalue weighted by atomic mass is 9.77. The molecule has 0 bridgehead atoms. The van der Waals surface area contributed by atoms with Gasteiger partial charge in [0.05, 0.1) is 22.4 Å². The Labute approximate surface area is 267 Å². The van der Waals surface area contributed by atoms with Crippen molar-refractivity contribution >= 4 is 40.7 Å². The molecule has 1 aromatic carbocycles. The van der Waals surface area contributed by atoms with Gasteiger partial charge in [0.2, 0.25) is 0 Å². The number of hydrogen-bond donors (Lipinski definition) is 2. The van der Waals surface area contributed by atoms with Crippen LogP contribution in [0.15, 0.2) is 67.4 Å². The summed E-state index contributed by atoms with van der Waals surface area (Å²) in [5.41, 5.74) is 3.11. The maximum Gasteiger partial charge on any atom is 0.318 e. The Morgan fingerprint density at radius 3 is 2.51 bits per heavy atom. The Morgan fingerprint density at radius 1 is 1.00 bits per heavy atom. The number of urea groups is 1. The summed E-state index contributed by atoms with van der Waals surface area (Å²) in [6, 6.07) is 12.4. The Hall–Kier alpha value is -4.38. The first-order chi connectivity index (χ1) is 21.9. The maximum atomic E-state index is 13.0. The van der Waals surface area contributed by atoms with Gasteiger partial charge < -0.3 is 29.7 Å². The molecule has 11 nitrogen and oxygen atoms in total. The molecule has 12 heteroatoms. The van der Waals surface area contributed by atoms with Crippen molar-refractivity contribution in [1.29, 1.82) is 0 Å². The minimum atomic E-state index is -0.344. The maximum absolute atomic E-state index is 13.0. The Kier molecular flexibility index (Phi) is 7.72. The van der Waals surface area contributed by atoms with E-state index in [1.165, 1.54) is 5.56 Å². The summed E-state index contributed by atoms with van der Waals surface area (Å²) in [6.07, 6.45) is 12.8. The van der Waals surface area contributed by atoms with Gasteiger partial charge in [0, 0.05) is 76.0 Å². The smallest absolute Gasteiger partial charge is 0.318 e. The van der Waals surface area contributed by atoms with Crippen molar-refractivity contribution in [1.82, 2.24) is 34.9 Å². The van der Waals surface area contributed by atoms with Crippen LogP contribution < -0.4 is 20.4 Å². The van der Waals surface area contributed by atoms with Gasteiger partial charge in [0.1, 0.15) is 5.69 Å². The average molecular weight is 628 g/mol. The normalized spacial score (nSPS) is 21.1. The number of halogens is 1. The van der Waals surface area contributed by atoms with E-state index >= 15 is 0 Å². The molecule has 1 spiro atoms. The van der Waals surface area contributed by atoms with E-state index in [0.717, 1.165) is 69.0 Å². The third-order valence-electron chi connectivity index (χ3n) is 9.96. The number of nitrogens with zero attached hydrogens (tertiary/aromatic N) is 7. The second kappa shape index (κ2) is 11.8. The molecule has 6 heterocycles. The molecular weight excluding hydrogens is 590 g/mol. The number of imidazole rings is 1. The predicted octanol–water partition coefficient (Wildman–Crippen LogP) is 4.13. The number of fused-ring (bicyclic) bond motifs is 1. The molecule has 0 aliphatic carbocycles. The van der Waals surface area contributed by atoms with Crippen molar-refractivity contribution in [3.63, 3.8) is 0 Å². The standard InChI is InChI=1S/C33H38ClN9O2/c1-2-32(24-6-4-3-5-7-24)8-14-42(22-32)25-20-26(34)27(38-21-25)30(44)37-13-19-43-23-33(39-31(43)45)9-15-40(16-10-33)28-29-36-12-18-41(29)17-11-35-28/h3-7,11-12,17-18,20-21H,2,8-10,13-16,19,22-23H2,1H3,(H,37,44)(H,39,45)/t32-/m0/s1. The summed E-state index contributed by atoms with van der Waals surface area (Å²) in [5.74, 6) is 0.520. The van der Waals surface area contributed by atoms with Crippen LogP contribution in [0.4, 0.5) is 16.3 Å². The molecule has 3 fully saturated rings. The zero-order valence-electron chi connectivity index (χ0n) is 25.5. The van der Waals surface area contributed by atoms with Gasteiger partial charge in [0.15, 0.2) is 11.5 Å². The van der Waals surface area contributed by atoms with Crippen molar-refractivity contribution in [2.45, 2.75) is 43.6 Å². The number of carbonyl (C=O) groups excluding carboxylic acids is 2. The van der Waals surface area contributed by atoms with Crippen LogP contribution >= 0.6 is 11.6 Å². The van der Waals surface area contributed by atoms with Crippen molar-refractivity contribution in [2.75, 3.05) is 55.6 Å². The van der Waals surface area contributed by atoms with E-state index in [9.17, 15) is 9.59 Å². The first-order valence-electron chi connectivity index (χ1n) is 15.7. The number of amides is 3. The van der Waals surface area contributed by atoms with E-state index in [0.29, 0.717) is 24.7 Å². The Bertz CT molecular complexity index is 1700. The number of piperidine rings is 1. The average Bonchev–Trinajstić information content (AvgIpc) is 3.80. The fraction of sp³-hybridized carbons (Fsp3) is 0.424. The highest BCUT2D eigenvalue weighted by Crippen LogP contribution is 2.40. The summed E-state index contributed by atoms with van der Waals surface area (Å²) >= 11 is 6.59. The van der Waals surface area contributed by atoms with Gasteiger partial charge in [0.25, 0.3) is 5.91 Å². The molecule has 1 atom stereocenters. The molecule has 3 aliphatic rings. The van der Waals surface area contributed by atoms with Crippen LogP contribution in [0.1, 0.15) is 48.7 Å². The fourth-order valence-electron chi connectivity index (χ4n) is 7.22. The van der Waals surface area contributed by atoms with Crippen LogP contribution in [0.2, 0.25) is 5.02 Å². The molecule has 3 aliphatic heterocycles. The van der Waals surface area contributed by atoms with E-state index in [4.69, 9.17) is 11.6 Å². The minimum absolute atomic E-state index is 0.0907. The molecule has 2 N–H and O–H groups in total. The first-order valence-corrected chi connectivity index (χ1v) is 16.1. The highest BCUT2D eigenvalue weighted by Gasteiger charge is 2.44. The lowest BCUT2D eigenvalue weighted by Gasteiger charge is -2.39. The van der Waals surface area contributed by atoms with E-state index in [2.05, 4.69) is 72.6 Å². The summed E-state index contributed by atoms with van der Waals surface area (Å²) < 4.78 is 1.97. The number of benzene rings is 1. The fourth-order valence-corrected chi connectivity index (χ4v) is 7.47. The molecule has 4 aromatic rings. The van der Waals surface area contributed by atoms with Crippen LogP contribution in [0.3, 0.4) is 0 Å². The van der Waals surface area contributed by atoms with Crippen molar-refractivity contribution in [3.05, 3.63) is 83.7 Å². The van der Waals surface area contributed by atoms with E-state index < -0.39 is 0 Å². The van der Waals surface area contributed by atoms with Crippen molar-refractivity contribution in [3.8, 4) is 0 Å². The van der Waals surface area contributed by atoms with Crippen LogP contribution in [-0.2, 0) is 5.41 Å². The molecule has 3 saturated heterocycles. The Balaban J connectivity index is 0.915. The predicted molar refractivity (Wildman–Crippen MR) is 174 cm³/mol. The molecule has 7 rings (SSSR count). The zero-order chi connectivity index (χ0) is 31.0. The zero-order valence-corrected chi connectivity index (χ0v) is 26.2. The largest absolute Gasteiger partial charge is 0.369 e. The van der Waals surface area contributed by atoms with E-state index in [-0.39, 0.29) is 28.6 Å². The number of aromatic nitrogens is 4. The molecule has 3 aromatic heterocycles. The lowest BCUT2D eigenvalue weighted by Crippen LogP contribution is -2.52. The monoisotopic (exact) mass is 627 g/mol. The number of anilines is 2. The molecule has 234 valence electrons. The van der Waals surface area contributed by atoms with Gasteiger partial charge in [-0.15, -0.1) is 0 Å². The number of carbonyl (C=O) groups is 2. The third-order valence-corrected chi connectivity index (χ3v) is 10.2. The second-order valence-corrected chi connectivity index (χ2v) is 12.9. The van der Waals surface area contributed by atoms with Crippen molar-refractivity contribution in [2.24, 2.45) is 0 Å². The van der Waals surface area contributed by atoms with Crippen LogP contribution in [0.25, 0.3) is 5.65 Å². The second-order valence-electron chi connectivity index (χ2n) is 12.5. The Morgan fingerprint density at radius 2 is 1.76 bits per heavy atom. The van der Waals surface area contributed by atoms with Crippen LogP contribution in [0.5, 0.6) is 0 Å². The summed E-state index contributed by atoms with van der Waals surface area (Å²) in [7, 11) is 0. The van der Waals surface area contributed by atoms with E-state index in [1.54, 1.807) is 23.5 Å². The summed E-state index contributed by atoms with van der Waals surface area (Å²) in [5, 5.41) is 6.45. The molecule has 0 unspecified atom stereocenters. The van der Waals surface area contributed by atoms with Gasteiger partial charge in [-0.25, -0.2) is 19.7 Å². The van der Waals surface area contributed by atoms with Gasteiger partial charge in [-0.3, -0.25) is 4.79 Å².